The van der Waals surface area contributed by atoms with E-state index in [1.54, 1.807) is 13.2 Å². The van der Waals surface area contributed by atoms with Crippen molar-refractivity contribution >= 4 is 5.97 Å². The SMILES string of the molecule is CCOC(=O)c1ccc(OC)c(CNC2CCCCC2)c1. The number of hydrogen-bond donors (Lipinski definition) is 1. The lowest BCUT2D eigenvalue weighted by Crippen LogP contribution is -2.30. The van der Waals surface area contributed by atoms with E-state index >= 15 is 0 Å². The molecule has 0 radical (unpaired) electrons. The molecular formula is C17H25NO3. The minimum atomic E-state index is -0.279. The molecule has 2 rings (SSSR count). The second-order valence-corrected chi connectivity index (χ2v) is 5.46. The lowest BCUT2D eigenvalue weighted by Gasteiger charge is -2.23. The van der Waals surface area contributed by atoms with Crippen LogP contribution in [0.15, 0.2) is 18.2 Å². The molecule has 4 heteroatoms. The number of ether oxygens (including phenoxy) is 2. The van der Waals surface area contributed by atoms with Gasteiger partial charge in [-0.25, -0.2) is 4.79 Å². The first-order valence-electron chi connectivity index (χ1n) is 7.82. The van der Waals surface area contributed by atoms with Crippen molar-refractivity contribution in [2.45, 2.75) is 51.6 Å². The number of methoxy groups -OCH3 is 1. The van der Waals surface area contributed by atoms with Gasteiger partial charge in [0.1, 0.15) is 5.75 Å². The number of hydrogen-bond acceptors (Lipinski definition) is 4. The topological polar surface area (TPSA) is 47.6 Å². The fourth-order valence-corrected chi connectivity index (χ4v) is 2.82. The van der Waals surface area contributed by atoms with Crippen LogP contribution in [-0.2, 0) is 11.3 Å². The first kappa shape index (κ1) is 15.8. The summed E-state index contributed by atoms with van der Waals surface area (Å²) in [6.45, 7) is 2.93. The highest BCUT2D eigenvalue weighted by molar-refractivity contribution is 5.89. The molecular weight excluding hydrogens is 266 g/mol. The quantitative estimate of drug-likeness (QED) is 0.817. The Labute approximate surface area is 126 Å². The lowest BCUT2D eigenvalue weighted by atomic mass is 9.95. The summed E-state index contributed by atoms with van der Waals surface area (Å²) in [6, 6.07) is 6.03. The van der Waals surface area contributed by atoms with Crippen LogP contribution in [0.2, 0.25) is 0 Å². The van der Waals surface area contributed by atoms with E-state index in [9.17, 15) is 4.79 Å². The predicted molar refractivity (Wildman–Crippen MR) is 82.7 cm³/mol. The van der Waals surface area contributed by atoms with Gasteiger partial charge >= 0.3 is 5.97 Å². The zero-order valence-corrected chi connectivity index (χ0v) is 13.0. The number of esters is 1. The van der Waals surface area contributed by atoms with Crippen molar-refractivity contribution in [2.75, 3.05) is 13.7 Å². The third-order valence-corrected chi connectivity index (χ3v) is 3.98. The average molecular weight is 291 g/mol. The van der Waals surface area contributed by atoms with E-state index in [1.165, 1.54) is 32.1 Å². The Hall–Kier alpha value is -1.55. The summed E-state index contributed by atoms with van der Waals surface area (Å²) in [5, 5.41) is 3.58. The maximum absolute atomic E-state index is 11.8. The summed E-state index contributed by atoms with van der Waals surface area (Å²) >= 11 is 0. The molecule has 0 atom stereocenters. The Morgan fingerprint density at radius 1 is 1.29 bits per heavy atom. The van der Waals surface area contributed by atoms with E-state index < -0.39 is 0 Å². The Kier molecular flexibility index (Phi) is 6.05. The molecule has 1 aliphatic rings. The van der Waals surface area contributed by atoms with Gasteiger partial charge in [-0.15, -0.1) is 0 Å². The van der Waals surface area contributed by atoms with Crippen molar-refractivity contribution in [3.05, 3.63) is 29.3 Å². The first-order chi connectivity index (χ1) is 10.2. The summed E-state index contributed by atoms with van der Waals surface area (Å²) in [7, 11) is 1.66. The smallest absolute Gasteiger partial charge is 0.338 e. The molecule has 0 saturated heterocycles. The number of carbonyl (C=O) groups is 1. The molecule has 1 saturated carbocycles. The van der Waals surface area contributed by atoms with Crippen molar-refractivity contribution in [3.8, 4) is 5.75 Å². The van der Waals surface area contributed by atoms with Crippen molar-refractivity contribution in [2.24, 2.45) is 0 Å². The highest BCUT2D eigenvalue weighted by Gasteiger charge is 2.15. The van der Waals surface area contributed by atoms with E-state index in [-0.39, 0.29) is 5.97 Å². The van der Waals surface area contributed by atoms with Gasteiger partial charge in [0.2, 0.25) is 0 Å². The molecule has 4 nitrogen and oxygen atoms in total. The first-order valence-corrected chi connectivity index (χ1v) is 7.82. The van der Waals surface area contributed by atoms with Gasteiger partial charge in [0, 0.05) is 18.2 Å². The van der Waals surface area contributed by atoms with Crippen molar-refractivity contribution in [3.63, 3.8) is 0 Å². The van der Waals surface area contributed by atoms with Crippen molar-refractivity contribution in [1.29, 1.82) is 0 Å². The van der Waals surface area contributed by atoms with Crippen LogP contribution in [0.25, 0.3) is 0 Å². The zero-order chi connectivity index (χ0) is 15.1. The van der Waals surface area contributed by atoms with Gasteiger partial charge in [0.15, 0.2) is 0 Å². The fourth-order valence-electron chi connectivity index (χ4n) is 2.82. The van der Waals surface area contributed by atoms with Gasteiger partial charge in [-0.1, -0.05) is 19.3 Å². The predicted octanol–water partition coefficient (Wildman–Crippen LogP) is 3.29. The number of rotatable bonds is 6. The second kappa shape index (κ2) is 8.03. The molecule has 0 aliphatic heterocycles. The molecule has 1 aromatic rings. The Morgan fingerprint density at radius 3 is 2.71 bits per heavy atom. The Balaban J connectivity index is 2.04. The number of nitrogens with one attached hydrogen (secondary N) is 1. The molecule has 1 aliphatic carbocycles. The van der Waals surface area contributed by atoms with E-state index in [0.29, 0.717) is 18.2 Å². The second-order valence-electron chi connectivity index (χ2n) is 5.46. The van der Waals surface area contributed by atoms with Crippen molar-refractivity contribution in [1.82, 2.24) is 5.32 Å². The van der Waals surface area contributed by atoms with E-state index in [0.717, 1.165) is 17.9 Å². The lowest BCUT2D eigenvalue weighted by molar-refractivity contribution is 0.0526. The van der Waals surface area contributed by atoms with E-state index in [1.807, 2.05) is 19.1 Å². The van der Waals surface area contributed by atoms with Crippen LogP contribution in [0.5, 0.6) is 5.75 Å². The molecule has 1 aromatic carbocycles. The van der Waals surface area contributed by atoms with Crippen LogP contribution >= 0.6 is 0 Å². The summed E-state index contributed by atoms with van der Waals surface area (Å²) in [5.41, 5.74) is 1.59. The van der Waals surface area contributed by atoms with Crippen LogP contribution in [0, 0.1) is 0 Å². The van der Waals surface area contributed by atoms with Gasteiger partial charge in [0.25, 0.3) is 0 Å². The number of benzene rings is 1. The monoisotopic (exact) mass is 291 g/mol. The van der Waals surface area contributed by atoms with Gasteiger partial charge in [-0.3, -0.25) is 0 Å². The van der Waals surface area contributed by atoms with Gasteiger partial charge in [-0.2, -0.15) is 0 Å². The standard InChI is InChI=1S/C17H25NO3/c1-3-21-17(19)13-9-10-16(20-2)14(11-13)12-18-15-7-5-4-6-8-15/h9-11,15,18H,3-8,12H2,1-2H3. The van der Waals surface area contributed by atoms with Gasteiger partial charge in [-0.05, 0) is 38.0 Å². The van der Waals surface area contributed by atoms with E-state index in [4.69, 9.17) is 9.47 Å². The van der Waals surface area contributed by atoms with Crippen LogP contribution in [0.1, 0.15) is 54.9 Å². The molecule has 1 N–H and O–H groups in total. The Morgan fingerprint density at radius 2 is 2.05 bits per heavy atom. The third kappa shape index (κ3) is 4.46. The van der Waals surface area contributed by atoms with Crippen LogP contribution in [-0.4, -0.2) is 25.7 Å². The molecule has 116 valence electrons. The molecule has 0 aromatic heterocycles. The highest BCUT2D eigenvalue weighted by atomic mass is 16.5. The van der Waals surface area contributed by atoms with Gasteiger partial charge in [0.05, 0.1) is 19.3 Å². The van der Waals surface area contributed by atoms with Crippen LogP contribution in [0.3, 0.4) is 0 Å². The molecule has 0 spiro atoms. The highest BCUT2D eigenvalue weighted by Crippen LogP contribution is 2.22. The number of carbonyl (C=O) groups excluding carboxylic acids is 1. The summed E-state index contributed by atoms with van der Waals surface area (Å²) in [5.74, 6) is 0.533. The maximum atomic E-state index is 11.8. The van der Waals surface area contributed by atoms with Gasteiger partial charge < -0.3 is 14.8 Å². The minimum Gasteiger partial charge on any atom is -0.496 e. The molecule has 0 bridgehead atoms. The summed E-state index contributed by atoms with van der Waals surface area (Å²) in [6.07, 6.45) is 6.43. The summed E-state index contributed by atoms with van der Waals surface area (Å²) in [4.78, 5) is 11.8. The molecule has 0 heterocycles. The molecule has 0 unspecified atom stereocenters. The molecule has 21 heavy (non-hydrogen) atoms. The largest absolute Gasteiger partial charge is 0.496 e. The van der Waals surface area contributed by atoms with E-state index in [2.05, 4.69) is 5.32 Å². The average Bonchev–Trinajstić information content (AvgIpc) is 2.54. The maximum Gasteiger partial charge on any atom is 0.338 e. The Bertz CT molecular complexity index is 467. The molecule has 0 amide bonds. The zero-order valence-electron chi connectivity index (χ0n) is 13.0. The van der Waals surface area contributed by atoms with Crippen LogP contribution < -0.4 is 10.1 Å². The van der Waals surface area contributed by atoms with Crippen molar-refractivity contribution < 1.29 is 14.3 Å². The van der Waals surface area contributed by atoms with Crippen LogP contribution in [0.4, 0.5) is 0 Å². The summed E-state index contributed by atoms with van der Waals surface area (Å²) < 4.78 is 10.4. The third-order valence-electron chi connectivity index (χ3n) is 3.98. The normalized spacial score (nSPS) is 15.7. The fraction of sp³-hybridized carbons (Fsp3) is 0.588. The minimum absolute atomic E-state index is 0.279. The molecule has 1 fully saturated rings.